The van der Waals surface area contributed by atoms with Gasteiger partial charge in [-0.3, -0.25) is 4.79 Å². The van der Waals surface area contributed by atoms with Crippen LogP contribution in [0, 0.1) is 0 Å². The molecule has 0 aliphatic carbocycles. The van der Waals surface area contributed by atoms with E-state index in [1.54, 1.807) is 7.11 Å². The highest BCUT2D eigenvalue weighted by molar-refractivity contribution is 5.78. The molecule has 1 aromatic heterocycles. The van der Waals surface area contributed by atoms with E-state index in [1.807, 2.05) is 52.3 Å². The van der Waals surface area contributed by atoms with Gasteiger partial charge in [0.05, 0.1) is 19.0 Å². The van der Waals surface area contributed by atoms with Crippen LogP contribution in [0.3, 0.4) is 0 Å². The molecule has 1 aliphatic heterocycles. The molecule has 2 aromatic rings. The SMILES string of the molecule is C=CCNCC[C@@H]1CCC(=O)N1Cc1cnn(-c2cccc(OC)c2)c1. The summed E-state index contributed by atoms with van der Waals surface area (Å²) in [5.74, 6) is 1.02. The van der Waals surface area contributed by atoms with E-state index >= 15 is 0 Å². The highest BCUT2D eigenvalue weighted by Gasteiger charge is 2.30. The first-order valence-electron chi connectivity index (χ1n) is 9.00. The van der Waals surface area contributed by atoms with Gasteiger partial charge in [-0.25, -0.2) is 4.68 Å². The molecule has 2 heterocycles. The van der Waals surface area contributed by atoms with Crippen molar-refractivity contribution in [1.29, 1.82) is 0 Å². The number of likely N-dealkylation sites (tertiary alicyclic amines) is 1. The molecule has 0 saturated carbocycles. The normalized spacial score (nSPS) is 16.9. The second-order valence-electron chi connectivity index (χ2n) is 6.49. The largest absolute Gasteiger partial charge is 0.497 e. The van der Waals surface area contributed by atoms with E-state index in [2.05, 4.69) is 17.0 Å². The Balaban J connectivity index is 1.65. The Labute approximate surface area is 154 Å². The molecule has 6 heteroatoms. The van der Waals surface area contributed by atoms with Gasteiger partial charge in [0, 0.05) is 43.4 Å². The molecule has 0 spiro atoms. The van der Waals surface area contributed by atoms with Crippen molar-refractivity contribution >= 4 is 5.91 Å². The van der Waals surface area contributed by atoms with Crippen LogP contribution >= 0.6 is 0 Å². The summed E-state index contributed by atoms with van der Waals surface area (Å²) in [4.78, 5) is 14.3. The zero-order valence-corrected chi connectivity index (χ0v) is 15.2. The Morgan fingerprint density at radius 1 is 1.46 bits per heavy atom. The first-order valence-corrected chi connectivity index (χ1v) is 9.00. The van der Waals surface area contributed by atoms with Crippen LogP contribution in [-0.4, -0.2) is 46.8 Å². The van der Waals surface area contributed by atoms with Crippen molar-refractivity contribution < 1.29 is 9.53 Å². The number of nitrogens with zero attached hydrogens (tertiary/aromatic N) is 3. The summed E-state index contributed by atoms with van der Waals surface area (Å²) in [6, 6.07) is 8.05. The minimum absolute atomic E-state index is 0.229. The zero-order valence-electron chi connectivity index (χ0n) is 15.2. The molecular formula is C20H26N4O2. The number of amides is 1. The number of benzene rings is 1. The van der Waals surface area contributed by atoms with Crippen LogP contribution in [0.4, 0.5) is 0 Å². The van der Waals surface area contributed by atoms with Crippen molar-refractivity contribution in [2.24, 2.45) is 0 Å². The van der Waals surface area contributed by atoms with E-state index < -0.39 is 0 Å². The molecule has 1 N–H and O–H groups in total. The van der Waals surface area contributed by atoms with Gasteiger partial charge in [-0.2, -0.15) is 5.10 Å². The van der Waals surface area contributed by atoms with E-state index in [0.717, 1.165) is 42.9 Å². The third-order valence-corrected chi connectivity index (χ3v) is 4.70. The number of carbonyl (C=O) groups excluding carboxylic acids is 1. The maximum atomic E-state index is 12.3. The maximum Gasteiger partial charge on any atom is 0.223 e. The predicted octanol–water partition coefficient (Wildman–Crippen LogP) is 2.54. The first kappa shape index (κ1) is 18.2. The van der Waals surface area contributed by atoms with Crippen LogP contribution < -0.4 is 10.1 Å². The molecule has 1 amide bonds. The fourth-order valence-corrected chi connectivity index (χ4v) is 3.32. The highest BCUT2D eigenvalue weighted by atomic mass is 16.5. The van der Waals surface area contributed by atoms with Crippen LogP contribution in [-0.2, 0) is 11.3 Å². The Morgan fingerprint density at radius 2 is 2.35 bits per heavy atom. The Morgan fingerprint density at radius 3 is 3.15 bits per heavy atom. The lowest BCUT2D eigenvalue weighted by atomic mass is 10.1. The summed E-state index contributed by atoms with van der Waals surface area (Å²) >= 11 is 0. The summed E-state index contributed by atoms with van der Waals surface area (Å²) in [7, 11) is 1.65. The molecule has 1 saturated heterocycles. The smallest absolute Gasteiger partial charge is 0.223 e. The summed E-state index contributed by atoms with van der Waals surface area (Å²) in [5, 5.41) is 7.75. The third kappa shape index (κ3) is 4.32. The van der Waals surface area contributed by atoms with Gasteiger partial charge in [0.25, 0.3) is 0 Å². The van der Waals surface area contributed by atoms with Gasteiger partial charge >= 0.3 is 0 Å². The number of ether oxygens (including phenoxy) is 1. The fraction of sp³-hybridized carbons (Fsp3) is 0.400. The third-order valence-electron chi connectivity index (χ3n) is 4.70. The van der Waals surface area contributed by atoms with Crippen molar-refractivity contribution in [3.8, 4) is 11.4 Å². The summed E-state index contributed by atoms with van der Waals surface area (Å²) in [6.07, 6.45) is 8.19. The van der Waals surface area contributed by atoms with E-state index in [1.165, 1.54) is 0 Å². The number of hydrogen-bond acceptors (Lipinski definition) is 4. The van der Waals surface area contributed by atoms with Gasteiger partial charge < -0.3 is 15.0 Å². The number of nitrogens with one attached hydrogen (secondary N) is 1. The molecule has 138 valence electrons. The predicted molar refractivity (Wildman–Crippen MR) is 101 cm³/mol. The number of aromatic nitrogens is 2. The number of hydrogen-bond donors (Lipinski definition) is 1. The van der Waals surface area contributed by atoms with Crippen LogP contribution in [0.15, 0.2) is 49.3 Å². The van der Waals surface area contributed by atoms with Crippen LogP contribution in [0.2, 0.25) is 0 Å². The average molecular weight is 354 g/mol. The van der Waals surface area contributed by atoms with Gasteiger partial charge in [0.15, 0.2) is 0 Å². The van der Waals surface area contributed by atoms with Crippen molar-refractivity contribution in [2.75, 3.05) is 20.2 Å². The topological polar surface area (TPSA) is 59.4 Å². The van der Waals surface area contributed by atoms with Crippen LogP contribution in [0.1, 0.15) is 24.8 Å². The van der Waals surface area contributed by atoms with Gasteiger partial charge in [0.2, 0.25) is 5.91 Å². The molecule has 0 unspecified atom stereocenters. The summed E-state index contributed by atoms with van der Waals surface area (Å²) in [6.45, 7) is 6.00. The van der Waals surface area contributed by atoms with E-state index in [9.17, 15) is 4.79 Å². The van der Waals surface area contributed by atoms with Gasteiger partial charge in [-0.15, -0.1) is 6.58 Å². The zero-order chi connectivity index (χ0) is 18.4. The lowest BCUT2D eigenvalue weighted by molar-refractivity contribution is -0.129. The van der Waals surface area contributed by atoms with E-state index in [4.69, 9.17) is 4.74 Å². The number of carbonyl (C=O) groups is 1. The molecule has 0 radical (unpaired) electrons. The molecule has 3 rings (SSSR count). The first-order chi connectivity index (χ1) is 12.7. The molecule has 26 heavy (non-hydrogen) atoms. The molecule has 1 aliphatic rings. The second-order valence-corrected chi connectivity index (χ2v) is 6.49. The molecule has 1 aromatic carbocycles. The van der Waals surface area contributed by atoms with Crippen molar-refractivity contribution in [2.45, 2.75) is 31.8 Å². The lowest BCUT2D eigenvalue weighted by Gasteiger charge is -2.24. The quantitative estimate of drug-likeness (QED) is 0.555. The number of methoxy groups -OCH3 is 1. The van der Waals surface area contributed by atoms with E-state index in [-0.39, 0.29) is 5.91 Å². The minimum atomic E-state index is 0.229. The van der Waals surface area contributed by atoms with Crippen molar-refractivity contribution in [1.82, 2.24) is 20.0 Å². The second kappa shape index (κ2) is 8.67. The van der Waals surface area contributed by atoms with Crippen LogP contribution in [0.5, 0.6) is 5.75 Å². The Bertz CT molecular complexity index is 756. The number of rotatable bonds is 9. The summed E-state index contributed by atoms with van der Waals surface area (Å²) in [5.41, 5.74) is 1.97. The lowest BCUT2D eigenvalue weighted by Crippen LogP contribution is -2.34. The molecule has 1 atom stereocenters. The Kier molecular flexibility index (Phi) is 6.07. The molecular weight excluding hydrogens is 328 g/mol. The standard InChI is InChI=1S/C20H26N4O2/c1-3-10-21-11-9-17-7-8-20(25)23(17)14-16-13-22-24(15-16)18-5-4-6-19(12-18)26-2/h3-6,12-13,15,17,21H,1,7-11,14H2,2H3/t17-/m0/s1. The van der Waals surface area contributed by atoms with Crippen molar-refractivity contribution in [3.63, 3.8) is 0 Å². The molecule has 0 bridgehead atoms. The maximum absolute atomic E-state index is 12.3. The van der Waals surface area contributed by atoms with Crippen LogP contribution in [0.25, 0.3) is 5.69 Å². The minimum Gasteiger partial charge on any atom is -0.497 e. The van der Waals surface area contributed by atoms with Gasteiger partial charge in [0.1, 0.15) is 5.75 Å². The fourth-order valence-electron chi connectivity index (χ4n) is 3.32. The van der Waals surface area contributed by atoms with Gasteiger partial charge in [-0.05, 0) is 31.5 Å². The van der Waals surface area contributed by atoms with Crippen molar-refractivity contribution in [3.05, 3.63) is 54.9 Å². The summed E-state index contributed by atoms with van der Waals surface area (Å²) < 4.78 is 7.09. The molecule has 1 fully saturated rings. The van der Waals surface area contributed by atoms with Gasteiger partial charge in [-0.1, -0.05) is 12.1 Å². The van der Waals surface area contributed by atoms with E-state index in [0.29, 0.717) is 19.0 Å². The molecule has 6 nitrogen and oxygen atoms in total. The Hall–Kier alpha value is -2.60. The highest BCUT2D eigenvalue weighted by Crippen LogP contribution is 2.24. The monoisotopic (exact) mass is 354 g/mol. The average Bonchev–Trinajstić information content (AvgIpc) is 3.27.